The minimum absolute atomic E-state index is 0.0347. The van der Waals surface area contributed by atoms with Gasteiger partial charge in [0.2, 0.25) is 0 Å². The van der Waals surface area contributed by atoms with E-state index in [4.69, 9.17) is 0 Å². The van der Waals surface area contributed by atoms with Crippen LogP contribution in [0.4, 0.5) is 5.69 Å². The summed E-state index contributed by atoms with van der Waals surface area (Å²) in [5, 5.41) is 1.78. The lowest BCUT2D eigenvalue weighted by atomic mass is 10.1. The van der Waals surface area contributed by atoms with Crippen molar-refractivity contribution in [2.75, 3.05) is 4.90 Å². The molecule has 0 radical (unpaired) electrons. The minimum atomic E-state index is -0.312. The van der Waals surface area contributed by atoms with E-state index in [0.717, 1.165) is 17.7 Å². The molecule has 0 fully saturated rings. The summed E-state index contributed by atoms with van der Waals surface area (Å²) in [6.07, 6.45) is 3.84. The largest absolute Gasteiger partial charge is 0.305 e. The van der Waals surface area contributed by atoms with Crippen molar-refractivity contribution in [2.24, 2.45) is 0 Å². The first-order valence-corrected chi connectivity index (χ1v) is 7.91. The van der Waals surface area contributed by atoms with Gasteiger partial charge in [-0.05, 0) is 25.0 Å². The number of hydrogen-bond donors (Lipinski definition) is 0. The lowest BCUT2D eigenvalue weighted by Gasteiger charge is -2.22. The molecule has 0 unspecified atom stereocenters. The molecule has 5 nitrogen and oxygen atoms in total. The van der Waals surface area contributed by atoms with Crippen molar-refractivity contribution in [1.82, 2.24) is 9.38 Å². The molecule has 1 amide bonds. The SMILES string of the molecule is C[C@@H]1Cc2ccccc2N1C(=O)c1cnc2sccn2c1=O. The van der Waals surface area contributed by atoms with Gasteiger partial charge in [0.25, 0.3) is 11.5 Å². The molecule has 1 aliphatic rings. The quantitative estimate of drug-likeness (QED) is 0.693. The van der Waals surface area contributed by atoms with Crippen molar-refractivity contribution in [3.8, 4) is 0 Å². The Bertz CT molecular complexity index is 944. The molecule has 1 aliphatic heterocycles. The molecule has 3 aromatic rings. The summed E-state index contributed by atoms with van der Waals surface area (Å²) >= 11 is 1.37. The van der Waals surface area contributed by atoms with E-state index in [1.807, 2.05) is 31.2 Å². The average Bonchev–Trinajstić information content (AvgIpc) is 3.10. The molecule has 0 saturated heterocycles. The van der Waals surface area contributed by atoms with E-state index < -0.39 is 0 Å². The standard InChI is InChI=1S/C16H13N3O2S/c1-10-8-11-4-2-3-5-13(11)19(10)15(21)12-9-17-16-18(14(12)20)6-7-22-16/h2-7,9-10H,8H2,1H3/t10-/m1/s1. The van der Waals surface area contributed by atoms with Gasteiger partial charge in [0.1, 0.15) is 5.56 Å². The summed E-state index contributed by atoms with van der Waals surface area (Å²) in [4.78, 5) is 31.9. The lowest BCUT2D eigenvalue weighted by Crippen LogP contribution is -2.39. The number of para-hydroxylation sites is 1. The van der Waals surface area contributed by atoms with Crippen molar-refractivity contribution in [2.45, 2.75) is 19.4 Å². The molecule has 1 atom stereocenters. The minimum Gasteiger partial charge on any atom is -0.305 e. The fraction of sp³-hybridized carbons (Fsp3) is 0.188. The predicted octanol–water partition coefficient (Wildman–Crippen LogP) is 2.35. The van der Waals surface area contributed by atoms with E-state index in [1.165, 1.54) is 21.9 Å². The van der Waals surface area contributed by atoms with Crippen molar-refractivity contribution < 1.29 is 4.79 Å². The van der Waals surface area contributed by atoms with Crippen LogP contribution in [-0.2, 0) is 6.42 Å². The van der Waals surface area contributed by atoms with E-state index >= 15 is 0 Å². The zero-order valence-electron chi connectivity index (χ0n) is 11.9. The maximum atomic E-state index is 12.9. The maximum absolute atomic E-state index is 12.9. The zero-order valence-corrected chi connectivity index (χ0v) is 12.7. The van der Waals surface area contributed by atoms with Gasteiger partial charge in [-0.15, -0.1) is 11.3 Å². The van der Waals surface area contributed by atoms with Crippen LogP contribution in [0.5, 0.6) is 0 Å². The molecule has 0 bridgehead atoms. The normalized spacial score (nSPS) is 17.0. The second-order valence-corrected chi connectivity index (χ2v) is 6.26. The Balaban J connectivity index is 1.84. The van der Waals surface area contributed by atoms with Gasteiger partial charge in [-0.3, -0.25) is 14.0 Å². The second kappa shape index (κ2) is 4.78. The number of nitrogens with zero attached hydrogens (tertiary/aromatic N) is 3. The number of fused-ring (bicyclic) bond motifs is 2. The summed E-state index contributed by atoms with van der Waals surface area (Å²) in [5.74, 6) is -0.282. The highest BCUT2D eigenvalue weighted by Crippen LogP contribution is 2.32. The van der Waals surface area contributed by atoms with Gasteiger partial charge in [-0.25, -0.2) is 4.98 Å². The number of rotatable bonds is 1. The number of hydrogen-bond acceptors (Lipinski definition) is 4. The molecule has 6 heteroatoms. The summed E-state index contributed by atoms with van der Waals surface area (Å²) in [6, 6.07) is 7.85. The van der Waals surface area contributed by atoms with E-state index in [1.54, 1.807) is 16.5 Å². The smallest absolute Gasteiger partial charge is 0.271 e. The van der Waals surface area contributed by atoms with Crippen molar-refractivity contribution in [3.63, 3.8) is 0 Å². The molecule has 4 rings (SSSR count). The number of aromatic nitrogens is 2. The third-order valence-electron chi connectivity index (χ3n) is 4.00. The fourth-order valence-corrected chi connectivity index (χ4v) is 3.65. The molecule has 2 aromatic heterocycles. The third kappa shape index (κ3) is 1.80. The molecule has 110 valence electrons. The molecular formula is C16H13N3O2S. The summed E-state index contributed by atoms with van der Waals surface area (Å²) < 4.78 is 1.42. The van der Waals surface area contributed by atoms with E-state index in [9.17, 15) is 9.59 Å². The number of anilines is 1. The highest BCUT2D eigenvalue weighted by molar-refractivity contribution is 7.15. The number of amides is 1. The molecule has 0 aliphatic carbocycles. The van der Waals surface area contributed by atoms with Crippen LogP contribution in [0.1, 0.15) is 22.8 Å². The van der Waals surface area contributed by atoms with Crippen LogP contribution in [0.25, 0.3) is 4.96 Å². The molecule has 0 saturated carbocycles. The Morgan fingerprint density at radius 2 is 2.18 bits per heavy atom. The Morgan fingerprint density at radius 3 is 3.05 bits per heavy atom. The monoisotopic (exact) mass is 311 g/mol. The number of carbonyl (C=O) groups excluding carboxylic acids is 1. The van der Waals surface area contributed by atoms with Crippen LogP contribution >= 0.6 is 11.3 Å². The van der Waals surface area contributed by atoms with Crippen LogP contribution in [-0.4, -0.2) is 21.3 Å². The van der Waals surface area contributed by atoms with E-state index in [-0.39, 0.29) is 23.1 Å². The Morgan fingerprint density at radius 1 is 1.36 bits per heavy atom. The highest BCUT2D eigenvalue weighted by atomic mass is 32.1. The van der Waals surface area contributed by atoms with Crippen LogP contribution in [0.3, 0.4) is 0 Å². The first-order chi connectivity index (χ1) is 10.7. The van der Waals surface area contributed by atoms with Gasteiger partial charge in [-0.2, -0.15) is 0 Å². The number of carbonyl (C=O) groups is 1. The molecule has 3 heterocycles. The molecule has 0 N–H and O–H groups in total. The third-order valence-corrected chi connectivity index (χ3v) is 4.77. The van der Waals surface area contributed by atoms with E-state index in [0.29, 0.717) is 4.96 Å². The highest BCUT2D eigenvalue weighted by Gasteiger charge is 2.32. The Labute approximate surface area is 130 Å². The van der Waals surface area contributed by atoms with Gasteiger partial charge in [0, 0.05) is 29.5 Å². The van der Waals surface area contributed by atoms with Crippen LogP contribution in [0.2, 0.25) is 0 Å². The van der Waals surface area contributed by atoms with Gasteiger partial charge >= 0.3 is 0 Å². The van der Waals surface area contributed by atoms with Crippen LogP contribution in [0.15, 0.2) is 46.8 Å². The van der Waals surface area contributed by atoms with Crippen molar-refractivity contribution in [1.29, 1.82) is 0 Å². The van der Waals surface area contributed by atoms with Gasteiger partial charge in [0.05, 0.1) is 0 Å². The van der Waals surface area contributed by atoms with Crippen molar-refractivity contribution in [3.05, 3.63) is 63.5 Å². The van der Waals surface area contributed by atoms with Gasteiger partial charge in [0.15, 0.2) is 4.96 Å². The van der Waals surface area contributed by atoms with Gasteiger partial charge < -0.3 is 4.90 Å². The zero-order chi connectivity index (χ0) is 15.3. The van der Waals surface area contributed by atoms with E-state index in [2.05, 4.69) is 4.98 Å². The molecular weight excluding hydrogens is 298 g/mol. The molecule has 22 heavy (non-hydrogen) atoms. The fourth-order valence-electron chi connectivity index (χ4n) is 2.98. The Hall–Kier alpha value is -2.47. The lowest BCUT2D eigenvalue weighted by molar-refractivity contribution is 0.0979. The first kappa shape index (κ1) is 13.2. The maximum Gasteiger partial charge on any atom is 0.271 e. The topological polar surface area (TPSA) is 54.7 Å². The Kier molecular flexibility index (Phi) is 2.87. The summed E-state index contributed by atoms with van der Waals surface area (Å²) in [7, 11) is 0. The van der Waals surface area contributed by atoms with Gasteiger partial charge in [-0.1, -0.05) is 18.2 Å². The first-order valence-electron chi connectivity index (χ1n) is 7.03. The number of thiazole rings is 1. The van der Waals surface area contributed by atoms with Crippen molar-refractivity contribution >= 4 is 27.9 Å². The predicted molar refractivity (Wildman–Crippen MR) is 85.8 cm³/mol. The molecule has 0 spiro atoms. The summed E-state index contributed by atoms with van der Waals surface area (Å²) in [5.41, 5.74) is 1.81. The summed E-state index contributed by atoms with van der Waals surface area (Å²) in [6.45, 7) is 1.99. The average molecular weight is 311 g/mol. The number of benzene rings is 1. The molecule has 1 aromatic carbocycles. The second-order valence-electron chi connectivity index (χ2n) is 5.39. The van der Waals surface area contributed by atoms with Crippen LogP contribution in [0, 0.1) is 0 Å². The van der Waals surface area contributed by atoms with Crippen LogP contribution < -0.4 is 10.5 Å².